The summed E-state index contributed by atoms with van der Waals surface area (Å²) < 4.78 is 5.09. The number of benzene rings is 2. The molecule has 0 spiro atoms. The van der Waals surface area contributed by atoms with Gasteiger partial charge in [0.1, 0.15) is 12.6 Å². The standard InChI is InChI=1S/C18H19NO4S/c1-13(24-15-10-6-3-7-11-15)16(17(20)21)19-18(22)23-12-14-8-4-2-5-9-14/h2-11,13,16H,12H2,1H3,(H,19,22)(H,20,21). The minimum absolute atomic E-state index is 0.0964. The number of hydrogen-bond donors (Lipinski definition) is 2. The summed E-state index contributed by atoms with van der Waals surface area (Å²) >= 11 is 1.39. The smallest absolute Gasteiger partial charge is 0.408 e. The van der Waals surface area contributed by atoms with Crippen molar-refractivity contribution in [2.24, 2.45) is 0 Å². The van der Waals surface area contributed by atoms with Crippen LogP contribution in [0.25, 0.3) is 0 Å². The van der Waals surface area contributed by atoms with Gasteiger partial charge in [-0.15, -0.1) is 11.8 Å². The zero-order valence-electron chi connectivity index (χ0n) is 13.2. The van der Waals surface area contributed by atoms with Gasteiger partial charge in [0, 0.05) is 10.1 Å². The van der Waals surface area contributed by atoms with Gasteiger partial charge in [0.05, 0.1) is 0 Å². The molecule has 2 N–H and O–H groups in total. The number of thioether (sulfide) groups is 1. The molecule has 0 saturated carbocycles. The van der Waals surface area contributed by atoms with Crippen LogP contribution in [0.2, 0.25) is 0 Å². The first-order valence-corrected chi connectivity index (χ1v) is 8.36. The third-order valence-electron chi connectivity index (χ3n) is 3.29. The van der Waals surface area contributed by atoms with Gasteiger partial charge < -0.3 is 15.2 Å². The van der Waals surface area contributed by atoms with Crippen LogP contribution in [-0.4, -0.2) is 28.5 Å². The van der Waals surface area contributed by atoms with E-state index in [1.807, 2.05) is 60.7 Å². The van der Waals surface area contributed by atoms with E-state index in [0.717, 1.165) is 10.5 Å². The largest absolute Gasteiger partial charge is 0.480 e. The normalized spacial score (nSPS) is 12.9. The topological polar surface area (TPSA) is 75.6 Å². The number of carboxylic acid groups (broad SMARTS) is 1. The average molecular weight is 345 g/mol. The van der Waals surface area contributed by atoms with Gasteiger partial charge in [0.2, 0.25) is 0 Å². The van der Waals surface area contributed by atoms with Gasteiger partial charge in [-0.2, -0.15) is 0 Å². The van der Waals surface area contributed by atoms with Crippen molar-refractivity contribution in [3.05, 3.63) is 66.2 Å². The molecule has 0 radical (unpaired) electrons. The first kappa shape index (κ1) is 17.9. The van der Waals surface area contributed by atoms with E-state index in [1.54, 1.807) is 6.92 Å². The highest BCUT2D eigenvalue weighted by Crippen LogP contribution is 2.25. The lowest BCUT2D eigenvalue weighted by molar-refractivity contribution is -0.139. The van der Waals surface area contributed by atoms with Gasteiger partial charge in [0.15, 0.2) is 0 Å². The number of aliphatic carboxylic acids is 1. The van der Waals surface area contributed by atoms with Crippen molar-refractivity contribution in [3.8, 4) is 0 Å². The predicted molar refractivity (Wildman–Crippen MR) is 92.9 cm³/mol. The van der Waals surface area contributed by atoms with Gasteiger partial charge in [-0.3, -0.25) is 0 Å². The molecule has 2 unspecified atom stereocenters. The second-order valence-electron chi connectivity index (χ2n) is 5.16. The Kier molecular flexibility index (Phi) is 6.69. The zero-order valence-corrected chi connectivity index (χ0v) is 14.0. The van der Waals surface area contributed by atoms with E-state index in [1.165, 1.54) is 11.8 Å². The van der Waals surface area contributed by atoms with Crippen molar-refractivity contribution in [1.29, 1.82) is 0 Å². The number of rotatable bonds is 7. The van der Waals surface area contributed by atoms with Crippen LogP contribution >= 0.6 is 11.8 Å². The Balaban J connectivity index is 1.90. The van der Waals surface area contributed by atoms with Crippen LogP contribution in [0.15, 0.2) is 65.6 Å². The van der Waals surface area contributed by atoms with Crippen LogP contribution in [0, 0.1) is 0 Å². The highest BCUT2D eigenvalue weighted by atomic mass is 32.2. The Bertz CT molecular complexity index is 663. The molecule has 0 aromatic heterocycles. The van der Waals surface area contributed by atoms with Crippen LogP contribution < -0.4 is 5.32 Å². The molecule has 0 aliphatic rings. The lowest BCUT2D eigenvalue weighted by Gasteiger charge is -2.20. The second-order valence-corrected chi connectivity index (χ2v) is 6.61. The van der Waals surface area contributed by atoms with Crippen molar-refractivity contribution in [2.75, 3.05) is 0 Å². The second kappa shape index (κ2) is 8.98. The van der Waals surface area contributed by atoms with Crippen LogP contribution in [0.5, 0.6) is 0 Å². The molecule has 2 atom stereocenters. The third kappa shape index (κ3) is 5.62. The maximum Gasteiger partial charge on any atom is 0.408 e. The molecule has 126 valence electrons. The molecule has 24 heavy (non-hydrogen) atoms. The summed E-state index contributed by atoms with van der Waals surface area (Å²) in [6.45, 7) is 1.85. The number of carboxylic acids is 1. The highest BCUT2D eigenvalue weighted by molar-refractivity contribution is 8.00. The molecule has 1 amide bonds. The summed E-state index contributed by atoms with van der Waals surface area (Å²) in [4.78, 5) is 24.3. The zero-order chi connectivity index (χ0) is 17.4. The Hall–Kier alpha value is -2.47. The molecule has 5 nitrogen and oxygen atoms in total. The predicted octanol–water partition coefficient (Wildman–Crippen LogP) is 3.55. The lowest BCUT2D eigenvalue weighted by atomic mass is 10.2. The van der Waals surface area contributed by atoms with Crippen LogP contribution in [-0.2, 0) is 16.1 Å². The van der Waals surface area contributed by atoms with E-state index in [2.05, 4.69) is 5.32 Å². The molecule has 6 heteroatoms. The van der Waals surface area contributed by atoms with Gasteiger partial charge >= 0.3 is 12.1 Å². The molecular weight excluding hydrogens is 326 g/mol. The Morgan fingerprint density at radius 3 is 2.25 bits per heavy atom. The van der Waals surface area contributed by atoms with Gasteiger partial charge in [-0.1, -0.05) is 55.5 Å². The molecule has 2 aromatic rings. The lowest BCUT2D eigenvalue weighted by Crippen LogP contribution is -2.46. The molecule has 2 aromatic carbocycles. The maximum absolute atomic E-state index is 11.9. The van der Waals surface area contributed by atoms with E-state index in [-0.39, 0.29) is 11.9 Å². The van der Waals surface area contributed by atoms with E-state index in [4.69, 9.17) is 4.74 Å². The van der Waals surface area contributed by atoms with Gasteiger partial charge in [0.25, 0.3) is 0 Å². The number of alkyl carbamates (subject to hydrolysis) is 1. The maximum atomic E-state index is 11.9. The van der Waals surface area contributed by atoms with Gasteiger partial charge in [-0.05, 0) is 17.7 Å². The monoisotopic (exact) mass is 345 g/mol. The average Bonchev–Trinajstić information content (AvgIpc) is 2.59. The summed E-state index contributed by atoms with van der Waals surface area (Å²) in [6.07, 6.45) is -0.744. The molecule has 0 saturated heterocycles. The highest BCUT2D eigenvalue weighted by Gasteiger charge is 2.27. The summed E-state index contributed by atoms with van der Waals surface area (Å²) in [7, 11) is 0. The molecule has 0 aliphatic carbocycles. The number of carbonyl (C=O) groups is 2. The quantitative estimate of drug-likeness (QED) is 0.751. The number of amides is 1. The first-order valence-electron chi connectivity index (χ1n) is 7.48. The summed E-state index contributed by atoms with van der Waals surface area (Å²) in [5.74, 6) is -1.09. The third-order valence-corrected chi connectivity index (χ3v) is 4.48. The van der Waals surface area contributed by atoms with E-state index in [9.17, 15) is 14.7 Å². The van der Waals surface area contributed by atoms with Crippen LogP contribution in [0.4, 0.5) is 4.79 Å². The van der Waals surface area contributed by atoms with E-state index >= 15 is 0 Å². The number of carbonyl (C=O) groups excluding carboxylic acids is 1. The summed E-state index contributed by atoms with van der Waals surface area (Å²) in [5, 5.41) is 11.4. The van der Waals surface area contributed by atoms with E-state index < -0.39 is 18.1 Å². The van der Waals surface area contributed by atoms with Crippen LogP contribution in [0.1, 0.15) is 12.5 Å². The van der Waals surface area contributed by atoms with Crippen molar-refractivity contribution < 1.29 is 19.4 Å². The number of ether oxygens (including phenoxy) is 1. The Morgan fingerprint density at radius 2 is 1.67 bits per heavy atom. The summed E-state index contributed by atoms with van der Waals surface area (Å²) in [5.41, 5.74) is 0.839. The Labute approximate surface area is 145 Å². The molecular formula is C18H19NO4S. The molecule has 0 bridgehead atoms. The van der Waals surface area contributed by atoms with Crippen LogP contribution in [0.3, 0.4) is 0 Å². The minimum atomic E-state index is -1.09. The van der Waals surface area contributed by atoms with Crippen molar-refractivity contribution in [1.82, 2.24) is 5.32 Å². The minimum Gasteiger partial charge on any atom is -0.480 e. The fourth-order valence-electron chi connectivity index (χ4n) is 2.05. The van der Waals surface area contributed by atoms with Gasteiger partial charge in [-0.25, -0.2) is 9.59 Å². The molecule has 0 aliphatic heterocycles. The SMILES string of the molecule is CC(Sc1ccccc1)C(NC(=O)OCc1ccccc1)C(=O)O. The summed E-state index contributed by atoms with van der Waals surface area (Å²) in [6, 6.07) is 17.6. The fourth-order valence-corrected chi connectivity index (χ4v) is 3.12. The molecule has 2 rings (SSSR count). The fraction of sp³-hybridized carbons (Fsp3) is 0.222. The van der Waals surface area contributed by atoms with Crippen molar-refractivity contribution >= 4 is 23.8 Å². The van der Waals surface area contributed by atoms with Crippen molar-refractivity contribution in [3.63, 3.8) is 0 Å². The van der Waals surface area contributed by atoms with E-state index in [0.29, 0.717) is 0 Å². The number of nitrogens with one attached hydrogen (secondary N) is 1. The molecule has 0 fully saturated rings. The van der Waals surface area contributed by atoms with Crippen molar-refractivity contribution in [2.45, 2.75) is 29.7 Å². The Morgan fingerprint density at radius 1 is 1.08 bits per heavy atom. The molecule has 0 heterocycles. The number of hydrogen-bond acceptors (Lipinski definition) is 4. The first-order chi connectivity index (χ1) is 11.6.